The van der Waals surface area contributed by atoms with Crippen LogP contribution in [0.4, 0.5) is 0 Å². The Hall–Kier alpha value is -1.69. The van der Waals surface area contributed by atoms with Crippen LogP contribution in [-0.2, 0) is 0 Å². The fraction of sp³-hybridized carbons (Fsp3) is 0.182. The minimum Gasteiger partial charge on any atom is -0.306 e. The van der Waals surface area contributed by atoms with Crippen molar-refractivity contribution in [1.82, 2.24) is 19.4 Å². The van der Waals surface area contributed by atoms with Gasteiger partial charge in [-0.05, 0) is 35.8 Å². The number of nitrogens with one attached hydrogen (secondary N) is 1. The average Bonchev–Trinajstić information content (AvgIpc) is 2.56. The topological polar surface area (TPSA) is 63.1 Å². The smallest absolute Gasteiger partial charge is 0.249 e. The van der Waals surface area contributed by atoms with Crippen molar-refractivity contribution in [2.75, 3.05) is 0 Å². The molecule has 0 amide bonds. The van der Waals surface area contributed by atoms with Gasteiger partial charge in [0, 0.05) is 6.07 Å². The summed E-state index contributed by atoms with van der Waals surface area (Å²) in [5, 5.41) is 0. The van der Waals surface area contributed by atoms with Crippen LogP contribution in [0.5, 0.6) is 0 Å². The number of aromatic amines is 1. The van der Waals surface area contributed by atoms with Crippen LogP contribution in [0, 0.1) is 13.8 Å². The second-order valence-corrected chi connectivity index (χ2v) is 4.61. The van der Waals surface area contributed by atoms with E-state index in [1.54, 1.807) is 6.07 Å². The summed E-state index contributed by atoms with van der Waals surface area (Å²) in [5.41, 5.74) is 3.95. The van der Waals surface area contributed by atoms with Crippen molar-refractivity contribution < 1.29 is 0 Å². The zero-order valence-corrected chi connectivity index (χ0v) is 10.9. The number of pyridine rings is 1. The zero-order chi connectivity index (χ0) is 12.2. The van der Waals surface area contributed by atoms with Crippen molar-refractivity contribution in [3.63, 3.8) is 0 Å². The molecule has 0 fully saturated rings. The first-order valence-corrected chi connectivity index (χ1v) is 5.91. The van der Waals surface area contributed by atoms with Gasteiger partial charge in [0.2, 0.25) is 5.56 Å². The molecule has 86 valence electrons. The minimum atomic E-state index is -0.150. The molecule has 3 aromatic heterocycles. The summed E-state index contributed by atoms with van der Waals surface area (Å²) in [4.78, 5) is 23.0. The summed E-state index contributed by atoms with van der Waals surface area (Å²) >= 11 is 3.40. The molecule has 17 heavy (non-hydrogen) atoms. The number of nitrogens with zero attached hydrogens (tertiary/aromatic N) is 3. The Morgan fingerprint density at radius 1 is 1.24 bits per heavy atom. The Bertz CT molecular complexity index is 802. The Kier molecular flexibility index (Phi) is 2.09. The van der Waals surface area contributed by atoms with Gasteiger partial charge in [0.25, 0.3) is 0 Å². The van der Waals surface area contributed by atoms with Crippen LogP contribution in [-0.4, -0.2) is 19.4 Å². The number of H-pyrrole nitrogens is 1. The number of aryl methyl sites for hydroxylation is 2. The first kappa shape index (κ1) is 10.5. The maximum Gasteiger partial charge on any atom is 0.249 e. The van der Waals surface area contributed by atoms with Crippen LogP contribution in [0.25, 0.3) is 16.7 Å². The van der Waals surface area contributed by atoms with Crippen molar-refractivity contribution >= 4 is 32.6 Å². The number of halogens is 1. The van der Waals surface area contributed by atoms with Gasteiger partial charge in [-0.3, -0.25) is 9.20 Å². The molecule has 0 radical (unpaired) electrons. The highest BCUT2D eigenvalue weighted by molar-refractivity contribution is 9.10. The Balaban J connectivity index is 2.70. The predicted molar refractivity (Wildman–Crippen MR) is 68.3 cm³/mol. The molecule has 1 N–H and O–H groups in total. The Labute approximate surface area is 105 Å². The number of fused-ring (bicyclic) bond motifs is 3. The van der Waals surface area contributed by atoms with Gasteiger partial charge in [-0.15, -0.1) is 0 Å². The van der Waals surface area contributed by atoms with Crippen molar-refractivity contribution in [2.24, 2.45) is 0 Å². The standard InChI is InChI=1S/C11H9BrN4O/c1-5-9-6(2)14-11(12)16(9)10-7(13-5)3-4-8(17)15-10/h3-4H,1-2H3,(H,15,17). The third kappa shape index (κ3) is 1.40. The van der Waals surface area contributed by atoms with Gasteiger partial charge in [-0.2, -0.15) is 0 Å². The highest BCUT2D eigenvalue weighted by Gasteiger charge is 2.13. The second-order valence-electron chi connectivity index (χ2n) is 3.90. The number of aromatic nitrogens is 4. The molecule has 5 nitrogen and oxygen atoms in total. The summed E-state index contributed by atoms with van der Waals surface area (Å²) in [7, 11) is 0. The van der Waals surface area contributed by atoms with Crippen molar-refractivity contribution in [3.05, 3.63) is 38.6 Å². The number of imidazole rings is 1. The van der Waals surface area contributed by atoms with Crippen molar-refractivity contribution in [3.8, 4) is 0 Å². The zero-order valence-electron chi connectivity index (χ0n) is 9.28. The quantitative estimate of drug-likeness (QED) is 0.689. The van der Waals surface area contributed by atoms with Crippen molar-refractivity contribution in [2.45, 2.75) is 13.8 Å². The fourth-order valence-corrected chi connectivity index (χ4v) is 2.69. The lowest BCUT2D eigenvalue weighted by molar-refractivity contribution is 1.07. The molecule has 3 aromatic rings. The van der Waals surface area contributed by atoms with E-state index in [1.165, 1.54) is 6.07 Å². The van der Waals surface area contributed by atoms with Gasteiger partial charge in [0.05, 0.1) is 16.9 Å². The molecule has 0 aliphatic heterocycles. The molecule has 0 saturated heterocycles. The normalized spacial score (nSPS) is 11.5. The Morgan fingerprint density at radius 2 is 1.94 bits per heavy atom. The molecule has 3 heterocycles. The molecule has 6 heteroatoms. The largest absolute Gasteiger partial charge is 0.306 e. The molecule has 3 rings (SSSR count). The molecule has 0 atom stereocenters. The molecule has 0 aliphatic carbocycles. The van der Waals surface area contributed by atoms with E-state index < -0.39 is 0 Å². The third-order valence-corrected chi connectivity index (χ3v) is 3.27. The average molecular weight is 293 g/mol. The molecule has 0 aromatic carbocycles. The SMILES string of the molecule is Cc1nc(Br)n2c1c(C)nc1ccc(=O)[nH]c12. The van der Waals surface area contributed by atoms with Gasteiger partial charge in [0.1, 0.15) is 11.2 Å². The summed E-state index contributed by atoms with van der Waals surface area (Å²) in [5.74, 6) is 0. The summed E-state index contributed by atoms with van der Waals surface area (Å²) < 4.78 is 2.54. The molecule has 0 unspecified atom stereocenters. The fourth-order valence-electron chi connectivity index (χ4n) is 2.07. The lowest BCUT2D eigenvalue weighted by Crippen LogP contribution is -2.07. The number of hydrogen-bond acceptors (Lipinski definition) is 3. The minimum absolute atomic E-state index is 0.150. The van der Waals surface area contributed by atoms with E-state index in [0.717, 1.165) is 22.4 Å². The van der Waals surface area contributed by atoms with Gasteiger partial charge in [-0.25, -0.2) is 9.97 Å². The first-order valence-electron chi connectivity index (χ1n) is 5.12. The van der Waals surface area contributed by atoms with Crippen LogP contribution in [0.1, 0.15) is 11.4 Å². The molecule has 0 aliphatic rings. The van der Waals surface area contributed by atoms with Crippen LogP contribution >= 0.6 is 15.9 Å². The van der Waals surface area contributed by atoms with Crippen molar-refractivity contribution in [1.29, 1.82) is 0 Å². The monoisotopic (exact) mass is 292 g/mol. The number of rotatable bonds is 0. The van der Waals surface area contributed by atoms with Gasteiger partial charge in [0.15, 0.2) is 4.73 Å². The molecular weight excluding hydrogens is 284 g/mol. The van der Waals surface area contributed by atoms with E-state index in [0.29, 0.717) is 10.4 Å². The lowest BCUT2D eigenvalue weighted by Gasteiger charge is -2.05. The van der Waals surface area contributed by atoms with Gasteiger partial charge in [-0.1, -0.05) is 0 Å². The molecule has 0 spiro atoms. The second kappa shape index (κ2) is 3.40. The van der Waals surface area contributed by atoms with Crippen LogP contribution < -0.4 is 5.56 Å². The maximum atomic E-state index is 11.4. The van der Waals surface area contributed by atoms with Crippen LogP contribution in [0.3, 0.4) is 0 Å². The van der Waals surface area contributed by atoms with Gasteiger partial charge < -0.3 is 4.98 Å². The summed E-state index contributed by atoms with van der Waals surface area (Å²) in [6.07, 6.45) is 0. The van der Waals surface area contributed by atoms with Crippen LogP contribution in [0.15, 0.2) is 21.7 Å². The van der Waals surface area contributed by atoms with E-state index in [1.807, 2.05) is 18.2 Å². The van der Waals surface area contributed by atoms with Crippen LogP contribution in [0.2, 0.25) is 0 Å². The van der Waals surface area contributed by atoms with E-state index in [4.69, 9.17) is 0 Å². The molecule has 0 bridgehead atoms. The predicted octanol–water partition coefficient (Wildman–Crippen LogP) is 1.95. The highest BCUT2D eigenvalue weighted by Crippen LogP contribution is 2.23. The van der Waals surface area contributed by atoms with E-state index >= 15 is 0 Å². The van der Waals surface area contributed by atoms with E-state index in [9.17, 15) is 4.79 Å². The first-order chi connectivity index (χ1) is 8.08. The number of hydrogen-bond donors (Lipinski definition) is 1. The molecule has 0 saturated carbocycles. The molecular formula is C11H9BrN4O. The Morgan fingerprint density at radius 3 is 2.71 bits per heavy atom. The summed E-state index contributed by atoms with van der Waals surface area (Å²) in [6, 6.07) is 3.18. The van der Waals surface area contributed by atoms with E-state index in [2.05, 4.69) is 30.9 Å². The summed E-state index contributed by atoms with van der Waals surface area (Å²) in [6.45, 7) is 3.85. The highest BCUT2D eigenvalue weighted by atomic mass is 79.9. The van der Waals surface area contributed by atoms with Gasteiger partial charge >= 0.3 is 0 Å². The van der Waals surface area contributed by atoms with E-state index in [-0.39, 0.29) is 5.56 Å². The third-order valence-electron chi connectivity index (χ3n) is 2.74. The lowest BCUT2D eigenvalue weighted by atomic mass is 10.3. The maximum absolute atomic E-state index is 11.4.